The fourth-order valence-electron chi connectivity index (χ4n) is 17.8. The monoisotopic (exact) mass is 1100 g/mol. The molecule has 9 heteroatoms. The minimum absolute atomic E-state index is 0.00120. The lowest BCUT2D eigenvalue weighted by molar-refractivity contribution is 1.15. The molecule has 6 aliphatic rings. The van der Waals surface area contributed by atoms with Crippen LogP contribution in [0, 0.1) is 0 Å². The number of nitrogens with zero attached hydrogens (tertiary/aromatic N) is 6. The van der Waals surface area contributed by atoms with Crippen molar-refractivity contribution >= 4 is 186 Å². The summed E-state index contributed by atoms with van der Waals surface area (Å²) >= 11 is 0. The van der Waals surface area contributed by atoms with Gasteiger partial charge in [-0.15, -0.1) is 0 Å². The third-order valence-corrected chi connectivity index (χ3v) is 20.7. The van der Waals surface area contributed by atoms with Crippen molar-refractivity contribution in [1.82, 2.24) is 13.7 Å². The number of hydrogen-bond donors (Lipinski definition) is 0. The molecule has 0 radical (unpaired) electrons. The Bertz CT molecular complexity index is 5830. The summed E-state index contributed by atoms with van der Waals surface area (Å²) in [5.41, 5.74) is 34.0. The first-order valence-electron chi connectivity index (χ1n) is 30.6. The lowest BCUT2D eigenvalue weighted by Gasteiger charge is -2.40. The van der Waals surface area contributed by atoms with Crippen molar-refractivity contribution in [2.45, 2.75) is 0 Å². The largest absolute Gasteiger partial charge is 0.311 e. The van der Waals surface area contributed by atoms with Crippen molar-refractivity contribution in [3.8, 4) is 17.1 Å². The zero-order valence-corrected chi connectivity index (χ0v) is 46.9. The number of anilines is 9. The highest BCUT2D eigenvalue weighted by atomic mass is 15.2. The van der Waals surface area contributed by atoms with Gasteiger partial charge < -0.3 is 28.4 Å². The Hall–Kier alpha value is -11.1. The molecule has 0 atom stereocenters. The fraction of sp³-hybridized carbons (Fsp3) is 0. The second kappa shape index (κ2) is 16.0. The van der Waals surface area contributed by atoms with Gasteiger partial charge in [-0.1, -0.05) is 182 Å². The summed E-state index contributed by atoms with van der Waals surface area (Å²) in [7, 11) is 0. The number of benzene rings is 13. The molecule has 6 aliphatic heterocycles. The molecular formula is C78H45B3N6. The minimum Gasteiger partial charge on any atom is -0.311 e. The average molecular weight is 1100 g/mol. The first kappa shape index (κ1) is 45.3. The Balaban J connectivity index is 0.998. The van der Waals surface area contributed by atoms with Crippen LogP contribution in [0.4, 0.5) is 51.2 Å². The molecule has 87 heavy (non-hydrogen) atoms. The van der Waals surface area contributed by atoms with Gasteiger partial charge in [0, 0.05) is 106 Å². The van der Waals surface area contributed by atoms with Crippen LogP contribution < -0.4 is 63.9 Å². The number of fused-ring (bicyclic) bond motifs is 26. The van der Waals surface area contributed by atoms with Crippen LogP contribution in [-0.2, 0) is 0 Å². The maximum absolute atomic E-state index is 2.74. The molecular weight excluding hydrogens is 1050 g/mol. The molecule has 0 amide bonds. The third kappa shape index (κ3) is 5.30. The molecule has 13 aromatic carbocycles. The first-order chi connectivity index (χ1) is 43.3. The number of aromatic nitrogens is 3. The van der Waals surface area contributed by atoms with Crippen LogP contribution in [0.15, 0.2) is 273 Å². The Morgan fingerprint density at radius 1 is 0.184 bits per heavy atom. The smallest absolute Gasteiger partial charge is 0.252 e. The fourth-order valence-corrected chi connectivity index (χ4v) is 17.8. The summed E-state index contributed by atoms with van der Waals surface area (Å²) in [6.07, 6.45) is 0. The molecule has 0 spiro atoms. The predicted molar refractivity (Wildman–Crippen MR) is 367 cm³/mol. The SMILES string of the molecule is c1ccc(N2c3ccccc3B3c4c2cccc4-n2c4c3cccc4c3c4c5ccc6c7c5n(c4c4c5ccc8c9c5n(c4c32)-c2ccccc2B9c2ccccc2N8c2ccccc2)-c2ccccc2B7c2ccccc2N6c2ccccc2)cc1. The van der Waals surface area contributed by atoms with E-state index in [2.05, 4.69) is 301 Å². The third-order valence-electron chi connectivity index (χ3n) is 20.7. The lowest BCUT2D eigenvalue weighted by Crippen LogP contribution is -2.60. The maximum Gasteiger partial charge on any atom is 0.252 e. The van der Waals surface area contributed by atoms with Gasteiger partial charge in [-0.2, -0.15) is 0 Å². The molecule has 16 aromatic rings. The standard InChI is InChI=1S/C78H45B3N6/c1-4-22-46(23-5-1)82-60-37-17-12-31-54(60)81-57-34-20-28-49-68-67-50-42-44-65-71-74(50)85(61-38-18-13-32-55(61)79(71)52-29-10-15-35-58(52)83(65)47-24-6-2-7-25-47)76(67)69-51-43-45-66-72-75(51)86(78(69)77(68)87(73(49)57)64-41-21-40-63(82)70(64)81)62-39-19-14-33-56(62)80(72)53-30-11-16-36-59(53)84(66)48-26-8-3-9-27-48/h1-45H. The van der Waals surface area contributed by atoms with E-state index < -0.39 is 0 Å². The van der Waals surface area contributed by atoms with Gasteiger partial charge in [-0.3, -0.25) is 0 Å². The second-order valence-corrected chi connectivity index (χ2v) is 24.5. The zero-order valence-electron chi connectivity index (χ0n) is 46.9. The Morgan fingerprint density at radius 3 is 1.01 bits per heavy atom. The van der Waals surface area contributed by atoms with Crippen LogP contribution in [0.3, 0.4) is 0 Å². The number of para-hydroxylation sites is 9. The van der Waals surface area contributed by atoms with Crippen LogP contribution in [0.5, 0.6) is 0 Å². The topological polar surface area (TPSA) is 24.5 Å². The highest BCUT2D eigenvalue weighted by Crippen LogP contribution is 2.54. The molecule has 0 N–H and O–H groups in total. The van der Waals surface area contributed by atoms with Crippen LogP contribution in [-0.4, -0.2) is 33.8 Å². The van der Waals surface area contributed by atoms with Crippen molar-refractivity contribution in [2.24, 2.45) is 0 Å². The summed E-state index contributed by atoms with van der Waals surface area (Å²) in [5.74, 6) is 0. The Morgan fingerprint density at radius 2 is 0.506 bits per heavy atom. The molecule has 0 aliphatic carbocycles. The molecule has 9 heterocycles. The van der Waals surface area contributed by atoms with Gasteiger partial charge in [0.25, 0.3) is 20.1 Å². The van der Waals surface area contributed by atoms with Crippen LogP contribution in [0.25, 0.3) is 82.5 Å². The average Bonchev–Trinajstić information content (AvgIpc) is 1.50. The Labute approximate surface area is 501 Å². The summed E-state index contributed by atoms with van der Waals surface area (Å²) in [6, 6.07) is 104. The van der Waals surface area contributed by atoms with E-state index in [-0.39, 0.29) is 20.1 Å². The van der Waals surface area contributed by atoms with Crippen LogP contribution >= 0.6 is 0 Å². The molecule has 0 fully saturated rings. The highest BCUT2D eigenvalue weighted by molar-refractivity contribution is 7.02. The molecule has 22 rings (SSSR count). The molecule has 396 valence electrons. The maximum atomic E-state index is 2.74. The van der Waals surface area contributed by atoms with Gasteiger partial charge in [-0.05, 0) is 140 Å². The van der Waals surface area contributed by atoms with Crippen LogP contribution in [0.2, 0.25) is 0 Å². The van der Waals surface area contributed by atoms with Gasteiger partial charge in [0.15, 0.2) is 0 Å². The first-order valence-corrected chi connectivity index (χ1v) is 30.6. The van der Waals surface area contributed by atoms with Crippen molar-refractivity contribution in [2.75, 3.05) is 14.7 Å². The normalized spacial score (nSPS) is 14.1. The minimum atomic E-state index is -0.0107. The zero-order chi connectivity index (χ0) is 56.1. The van der Waals surface area contributed by atoms with E-state index in [4.69, 9.17) is 0 Å². The summed E-state index contributed by atoms with van der Waals surface area (Å²) in [5, 5.41) is 7.67. The van der Waals surface area contributed by atoms with Crippen molar-refractivity contribution in [3.05, 3.63) is 273 Å². The highest BCUT2D eigenvalue weighted by Gasteiger charge is 2.48. The van der Waals surface area contributed by atoms with Crippen molar-refractivity contribution in [1.29, 1.82) is 0 Å². The molecule has 0 bridgehead atoms. The van der Waals surface area contributed by atoms with Gasteiger partial charge in [0.1, 0.15) is 0 Å². The van der Waals surface area contributed by atoms with Crippen LogP contribution in [0.1, 0.15) is 0 Å². The predicted octanol–water partition coefficient (Wildman–Crippen LogP) is 12.8. The molecule has 6 nitrogen and oxygen atoms in total. The van der Waals surface area contributed by atoms with E-state index >= 15 is 0 Å². The van der Waals surface area contributed by atoms with E-state index in [0.717, 1.165) is 17.1 Å². The molecule has 0 saturated heterocycles. The summed E-state index contributed by atoms with van der Waals surface area (Å²) in [6.45, 7) is -0.0158. The number of hydrogen-bond acceptors (Lipinski definition) is 3. The second-order valence-electron chi connectivity index (χ2n) is 24.5. The quantitative estimate of drug-likeness (QED) is 0.165. The van der Waals surface area contributed by atoms with E-state index in [9.17, 15) is 0 Å². The lowest BCUT2D eigenvalue weighted by atomic mass is 9.34. The van der Waals surface area contributed by atoms with E-state index in [1.807, 2.05) is 0 Å². The van der Waals surface area contributed by atoms with Gasteiger partial charge in [-0.25, -0.2) is 0 Å². The van der Waals surface area contributed by atoms with Gasteiger partial charge >= 0.3 is 0 Å². The summed E-state index contributed by atoms with van der Waals surface area (Å²) < 4.78 is 8.23. The number of rotatable bonds is 3. The molecule has 3 aromatic heterocycles. The van der Waals surface area contributed by atoms with Gasteiger partial charge in [0.2, 0.25) is 0 Å². The van der Waals surface area contributed by atoms with E-state index in [1.165, 1.54) is 166 Å². The Kier molecular flexibility index (Phi) is 8.32. The van der Waals surface area contributed by atoms with Crippen molar-refractivity contribution < 1.29 is 0 Å². The van der Waals surface area contributed by atoms with Crippen molar-refractivity contribution in [3.63, 3.8) is 0 Å². The molecule has 0 saturated carbocycles. The van der Waals surface area contributed by atoms with E-state index in [0.29, 0.717) is 0 Å². The van der Waals surface area contributed by atoms with Gasteiger partial charge in [0.05, 0.1) is 27.6 Å². The van der Waals surface area contributed by atoms with E-state index in [1.54, 1.807) is 0 Å². The molecule has 0 unspecified atom stereocenters. The summed E-state index contributed by atoms with van der Waals surface area (Å²) in [4.78, 5) is 7.58.